The van der Waals surface area contributed by atoms with Gasteiger partial charge in [0.1, 0.15) is 11.6 Å². The van der Waals surface area contributed by atoms with Crippen molar-refractivity contribution in [3.05, 3.63) is 59.2 Å². The first kappa shape index (κ1) is 15.4. The van der Waals surface area contributed by atoms with Gasteiger partial charge in [-0.25, -0.2) is 4.39 Å². The number of halogens is 1. The Morgan fingerprint density at radius 3 is 2.76 bits per heavy atom. The first-order chi connectivity index (χ1) is 10.2. The van der Waals surface area contributed by atoms with Crippen molar-refractivity contribution in [3.8, 4) is 5.75 Å². The number of benzene rings is 1. The molecular formula is C17H21FN2O. The van der Waals surface area contributed by atoms with Gasteiger partial charge in [-0.1, -0.05) is 19.1 Å². The minimum atomic E-state index is -0.256. The first-order valence-electron chi connectivity index (χ1n) is 7.13. The minimum Gasteiger partial charge on any atom is -0.496 e. The van der Waals surface area contributed by atoms with Crippen molar-refractivity contribution in [3.63, 3.8) is 0 Å². The van der Waals surface area contributed by atoms with Crippen LogP contribution in [0.3, 0.4) is 0 Å². The van der Waals surface area contributed by atoms with Crippen LogP contribution < -0.4 is 10.1 Å². The summed E-state index contributed by atoms with van der Waals surface area (Å²) in [6, 6.07) is 8.67. The van der Waals surface area contributed by atoms with Gasteiger partial charge in [0, 0.05) is 29.9 Å². The number of aryl methyl sites for hydroxylation is 1. The van der Waals surface area contributed by atoms with E-state index < -0.39 is 0 Å². The van der Waals surface area contributed by atoms with Crippen molar-refractivity contribution in [1.82, 2.24) is 10.3 Å². The monoisotopic (exact) mass is 288 g/mol. The summed E-state index contributed by atoms with van der Waals surface area (Å²) < 4.78 is 19.6. The van der Waals surface area contributed by atoms with Gasteiger partial charge in [0.2, 0.25) is 0 Å². The minimum absolute atomic E-state index is 0.167. The molecule has 0 aliphatic carbocycles. The Balaban J connectivity index is 2.38. The van der Waals surface area contributed by atoms with E-state index in [1.165, 1.54) is 6.07 Å². The maximum absolute atomic E-state index is 14.3. The number of ether oxygens (including phenoxy) is 1. The van der Waals surface area contributed by atoms with Gasteiger partial charge in [-0.3, -0.25) is 4.98 Å². The number of methoxy groups -OCH3 is 1. The van der Waals surface area contributed by atoms with E-state index in [2.05, 4.69) is 10.3 Å². The summed E-state index contributed by atoms with van der Waals surface area (Å²) >= 11 is 0. The molecule has 21 heavy (non-hydrogen) atoms. The van der Waals surface area contributed by atoms with Crippen LogP contribution in [0, 0.1) is 12.7 Å². The zero-order chi connectivity index (χ0) is 15.2. The average Bonchev–Trinajstić information content (AvgIpc) is 2.48. The van der Waals surface area contributed by atoms with Crippen LogP contribution in [0.15, 0.2) is 36.5 Å². The maximum Gasteiger partial charge on any atom is 0.131 e. The molecule has 0 saturated carbocycles. The summed E-state index contributed by atoms with van der Waals surface area (Å²) in [5.41, 5.74) is 2.64. The topological polar surface area (TPSA) is 34.2 Å². The summed E-state index contributed by atoms with van der Waals surface area (Å²) in [7, 11) is 1.56. The van der Waals surface area contributed by atoms with Crippen molar-refractivity contribution < 1.29 is 9.13 Å². The van der Waals surface area contributed by atoms with Gasteiger partial charge in [0.15, 0.2) is 0 Å². The number of nitrogens with one attached hydrogen (secondary N) is 1. The highest BCUT2D eigenvalue weighted by atomic mass is 19.1. The lowest BCUT2D eigenvalue weighted by molar-refractivity contribution is 0.390. The predicted octanol–water partition coefficient (Wildman–Crippen LogP) is 3.43. The van der Waals surface area contributed by atoms with Gasteiger partial charge in [0.25, 0.3) is 0 Å². The summed E-state index contributed by atoms with van der Waals surface area (Å²) in [4.78, 5) is 4.41. The Bertz CT molecular complexity index is 601. The third-order valence-corrected chi connectivity index (χ3v) is 3.55. The Hall–Kier alpha value is -1.94. The Morgan fingerprint density at radius 2 is 2.10 bits per heavy atom. The summed E-state index contributed by atoms with van der Waals surface area (Å²) in [6.07, 6.45) is 2.39. The molecule has 0 amide bonds. The molecule has 4 heteroatoms. The second kappa shape index (κ2) is 7.18. The SMILES string of the molecule is CCNC(Cc1ncccc1C)c1c(F)cccc1OC. The number of nitrogens with zero attached hydrogens (tertiary/aromatic N) is 1. The van der Waals surface area contributed by atoms with Crippen molar-refractivity contribution >= 4 is 0 Å². The summed E-state index contributed by atoms with van der Waals surface area (Å²) in [5, 5.41) is 3.33. The second-order valence-electron chi connectivity index (χ2n) is 4.94. The van der Waals surface area contributed by atoms with Gasteiger partial charge < -0.3 is 10.1 Å². The zero-order valence-corrected chi connectivity index (χ0v) is 12.7. The van der Waals surface area contributed by atoms with Gasteiger partial charge in [-0.2, -0.15) is 0 Å². The fourth-order valence-corrected chi connectivity index (χ4v) is 2.48. The third-order valence-electron chi connectivity index (χ3n) is 3.55. The smallest absolute Gasteiger partial charge is 0.131 e. The van der Waals surface area contributed by atoms with Crippen molar-refractivity contribution in [1.29, 1.82) is 0 Å². The molecule has 0 aliphatic heterocycles. The Labute approximate surface area is 125 Å². The molecular weight excluding hydrogens is 267 g/mol. The van der Waals surface area contributed by atoms with E-state index in [1.54, 1.807) is 25.4 Å². The van der Waals surface area contributed by atoms with Crippen LogP contribution in [0.1, 0.15) is 29.8 Å². The van der Waals surface area contributed by atoms with Crippen LogP contribution in [0.5, 0.6) is 5.75 Å². The van der Waals surface area contributed by atoms with Crippen molar-refractivity contribution in [2.75, 3.05) is 13.7 Å². The molecule has 1 aromatic carbocycles. The third kappa shape index (κ3) is 3.58. The molecule has 1 heterocycles. The lowest BCUT2D eigenvalue weighted by Crippen LogP contribution is -2.25. The number of hydrogen-bond donors (Lipinski definition) is 1. The van der Waals surface area contributed by atoms with Crippen LogP contribution in [0.2, 0.25) is 0 Å². The molecule has 0 radical (unpaired) electrons. The number of pyridine rings is 1. The standard InChI is InChI=1S/C17H21FN2O/c1-4-19-15(11-14-12(2)7-6-10-20-14)17-13(18)8-5-9-16(17)21-3/h5-10,15,19H,4,11H2,1-3H3. The molecule has 1 atom stereocenters. The maximum atomic E-state index is 14.3. The van der Waals surface area contributed by atoms with E-state index in [1.807, 2.05) is 26.0 Å². The molecule has 0 spiro atoms. The molecule has 3 nitrogen and oxygen atoms in total. The number of likely N-dealkylation sites (N-methyl/N-ethyl adjacent to an activating group) is 1. The second-order valence-corrected chi connectivity index (χ2v) is 4.94. The van der Waals surface area contributed by atoms with Crippen LogP contribution in [0.4, 0.5) is 4.39 Å². The zero-order valence-electron chi connectivity index (χ0n) is 12.7. The van der Waals surface area contributed by atoms with E-state index in [0.717, 1.165) is 17.8 Å². The van der Waals surface area contributed by atoms with Crippen LogP contribution >= 0.6 is 0 Å². The molecule has 0 bridgehead atoms. The predicted molar refractivity (Wildman–Crippen MR) is 82.0 cm³/mol. The van der Waals surface area contributed by atoms with Crippen LogP contribution in [-0.4, -0.2) is 18.6 Å². The molecule has 0 saturated heterocycles. The number of hydrogen-bond acceptors (Lipinski definition) is 3. The largest absolute Gasteiger partial charge is 0.496 e. The van der Waals surface area contributed by atoms with Gasteiger partial charge >= 0.3 is 0 Å². The molecule has 0 fully saturated rings. The first-order valence-corrected chi connectivity index (χ1v) is 7.13. The molecule has 2 aromatic rings. The summed E-state index contributed by atoms with van der Waals surface area (Å²) in [6.45, 7) is 4.77. The average molecular weight is 288 g/mol. The fourth-order valence-electron chi connectivity index (χ4n) is 2.48. The summed E-state index contributed by atoms with van der Waals surface area (Å²) in [5.74, 6) is 0.309. The Kier molecular flexibility index (Phi) is 5.28. The van der Waals surface area contributed by atoms with E-state index in [9.17, 15) is 4.39 Å². The Morgan fingerprint density at radius 1 is 1.29 bits per heavy atom. The van der Waals surface area contributed by atoms with Crippen molar-refractivity contribution in [2.45, 2.75) is 26.3 Å². The lowest BCUT2D eigenvalue weighted by Gasteiger charge is -2.21. The normalized spacial score (nSPS) is 12.2. The highest BCUT2D eigenvalue weighted by Crippen LogP contribution is 2.30. The molecule has 1 unspecified atom stereocenters. The van der Waals surface area contributed by atoms with Gasteiger partial charge in [-0.15, -0.1) is 0 Å². The number of aromatic nitrogens is 1. The quantitative estimate of drug-likeness (QED) is 0.884. The highest BCUT2D eigenvalue weighted by molar-refractivity contribution is 5.38. The molecule has 2 rings (SSSR count). The number of rotatable bonds is 6. The molecule has 112 valence electrons. The van der Waals surface area contributed by atoms with Gasteiger partial charge in [-0.05, 0) is 37.2 Å². The lowest BCUT2D eigenvalue weighted by atomic mass is 9.98. The fraction of sp³-hybridized carbons (Fsp3) is 0.353. The highest BCUT2D eigenvalue weighted by Gasteiger charge is 2.21. The molecule has 0 aliphatic rings. The van der Waals surface area contributed by atoms with E-state index in [0.29, 0.717) is 17.7 Å². The molecule has 1 aromatic heterocycles. The van der Waals surface area contributed by atoms with Gasteiger partial charge in [0.05, 0.1) is 7.11 Å². The molecule has 1 N–H and O–H groups in total. The van der Waals surface area contributed by atoms with Crippen LogP contribution in [-0.2, 0) is 6.42 Å². The van der Waals surface area contributed by atoms with E-state index in [-0.39, 0.29) is 11.9 Å². The van der Waals surface area contributed by atoms with Crippen molar-refractivity contribution in [2.24, 2.45) is 0 Å². The van der Waals surface area contributed by atoms with E-state index >= 15 is 0 Å². The van der Waals surface area contributed by atoms with Crippen LogP contribution in [0.25, 0.3) is 0 Å². The van der Waals surface area contributed by atoms with E-state index in [4.69, 9.17) is 4.74 Å².